The molecule has 24 heavy (non-hydrogen) atoms. The molecule has 0 heterocycles. The smallest absolute Gasteiger partial charge is 0.407 e. The van der Waals surface area contributed by atoms with Crippen molar-refractivity contribution in [3.05, 3.63) is 65.7 Å². The normalized spacial score (nSPS) is 10.5. The second-order valence-electron chi connectivity index (χ2n) is 5.18. The van der Waals surface area contributed by atoms with Gasteiger partial charge in [-0.25, -0.2) is 4.79 Å². The number of nitrogen functional groups attached to an aromatic ring is 1. The van der Waals surface area contributed by atoms with Gasteiger partial charge in [0.1, 0.15) is 12.4 Å². The molecule has 0 atom stereocenters. The first-order valence-electron chi connectivity index (χ1n) is 7.73. The summed E-state index contributed by atoms with van der Waals surface area (Å²) in [7, 11) is 1.62. The Morgan fingerprint density at radius 1 is 1.21 bits per heavy atom. The summed E-state index contributed by atoms with van der Waals surface area (Å²) >= 11 is 0. The predicted octanol–water partition coefficient (Wildman–Crippen LogP) is 3.61. The molecule has 5 nitrogen and oxygen atoms in total. The quantitative estimate of drug-likeness (QED) is 0.602. The summed E-state index contributed by atoms with van der Waals surface area (Å²) in [6, 6.07) is 15.0. The Morgan fingerprint density at radius 2 is 2.00 bits per heavy atom. The zero-order valence-electron chi connectivity index (χ0n) is 13.7. The number of amides is 1. The molecule has 0 aliphatic rings. The molecule has 0 fully saturated rings. The second kappa shape index (κ2) is 9.25. The highest BCUT2D eigenvalue weighted by Crippen LogP contribution is 2.22. The Bertz CT molecular complexity index is 684. The van der Waals surface area contributed by atoms with Crippen molar-refractivity contribution in [3.8, 4) is 5.75 Å². The van der Waals surface area contributed by atoms with E-state index in [2.05, 4.69) is 5.32 Å². The summed E-state index contributed by atoms with van der Waals surface area (Å²) in [6.07, 6.45) is 4.13. The molecule has 2 rings (SSSR count). The molecule has 0 spiro atoms. The van der Waals surface area contributed by atoms with E-state index in [-0.39, 0.29) is 6.61 Å². The molecule has 0 aliphatic heterocycles. The molecule has 3 N–H and O–H groups in total. The Morgan fingerprint density at radius 3 is 2.75 bits per heavy atom. The van der Waals surface area contributed by atoms with Crippen LogP contribution in [0.3, 0.4) is 0 Å². The standard InChI is InChI=1S/C19H22N2O3/c1-23-18-11-10-17(20)13-16(18)9-5-6-12-21-19(22)24-14-15-7-3-2-4-8-15/h2-5,7-11,13H,6,12,14,20H2,1H3,(H,21,22). The van der Waals surface area contributed by atoms with Crippen LogP contribution in [0, 0.1) is 0 Å². The van der Waals surface area contributed by atoms with Gasteiger partial charge < -0.3 is 20.5 Å². The number of nitrogens with two attached hydrogens (primary N) is 1. The fourth-order valence-corrected chi connectivity index (χ4v) is 2.13. The number of ether oxygens (including phenoxy) is 2. The number of benzene rings is 2. The molecule has 0 bridgehead atoms. The van der Waals surface area contributed by atoms with E-state index in [1.54, 1.807) is 13.2 Å². The first kappa shape index (κ1) is 17.4. The van der Waals surface area contributed by atoms with Gasteiger partial charge in [0, 0.05) is 17.8 Å². The van der Waals surface area contributed by atoms with Gasteiger partial charge in [-0.1, -0.05) is 42.5 Å². The molecule has 0 aliphatic carbocycles. The molecular weight excluding hydrogens is 304 g/mol. The second-order valence-corrected chi connectivity index (χ2v) is 5.18. The van der Waals surface area contributed by atoms with Crippen molar-refractivity contribution in [2.24, 2.45) is 0 Å². The van der Waals surface area contributed by atoms with E-state index in [1.165, 1.54) is 0 Å². The van der Waals surface area contributed by atoms with Crippen LogP contribution < -0.4 is 15.8 Å². The maximum Gasteiger partial charge on any atom is 0.407 e. The highest BCUT2D eigenvalue weighted by molar-refractivity contribution is 5.67. The Hall–Kier alpha value is -2.95. The average Bonchev–Trinajstić information content (AvgIpc) is 2.61. The van der Waals surface area contributed by atoms with Crippen LogP contribution in [0.25, 0.3) is 6.08 Å². The van der Waals surface area contributed by atoms with Gasteiger partial charge in [0.25, 0.3) is 0 Å². The zero-order chi connectivity index (χ0) is 17.2. The van der Waals surface area contributed by atoms with Gasteiger partial charge in [-0.15, -0.1) is 0 Å². The van der Waals surface area contributed by atoms with Crippen LogP contribution in [-0.2, 0) is 11.3 Å². The van der Waals surface area contributed by atoms with Crippen molar-refractivity contribution in [3.63, 3.8) is 0 Å². The van der Waals surface area contributed by atoms with Crippen LogP contribution in [0.5, 0.6) is 5.75 Å². The van der Waals surface area contributed by atoms with Crippen molar-refractivity contribution >= 4 is 17.9 Å². The van der Waals surface area contributed by atoms with Crippen LogP contribution in [0.4, 0.5) is 10.5 Å². The number of hydrogen-bond donors (Lipinski definition) is 2. The molecule has 5 heteroatoms. The van der Waals surface area contributed by atoms with E-state index < -0.39 is 6.09 Å². The monoisotopic (exact) mass is 326 g/mol. The van der Waals surface area contributed by atoms with Gasteiger partial charge in [-0.05, 0) is 30.2 Å². The van der Waals surface area contributed by atoms with E-state index in [9.17, 15) is 4.79 Å². The maximum absolute atomic E-state index is 11.6. The maximum atomic E-state index is 11.6. The lowest BCUT2D eigenvalue weighted by Crippen LogP contribution is -2.24. The number of hydrogen-bond acceptors (Lipinski definition) is 4. The van der Waals surface area contributed by atoms with Crippen LogP contribution in [0.15, 0.2) is 54.6 Å². The molecular formula is C19H22N2O3. The minimum atomic E-state index is -0.422. The number of anilines is 1. The number of methoxy groups -OCH3 is 1. The molecule has 2 aromatic carbocycles. The number of carbonyl (C=O) groups is 1. The van der Waals surface area contributed by atoms with E-state index >= 15 is 0 Å². The lowest BCUT2D eigenvalue weighted by molar-refractivity contribution is 0.140. The third-order valence-electron chi connectivity index (χ3n) is 3.34. The van der Waals surface area contributed by atoms with E-state index in [4.69, 9.17) is 15.2 Å². The topological polar surface area (TPSA) is 73.6 Å². The fraction of sp³-hybridized carbons (Fsp3) is 0.211. The molecule has 0 saturated heterocycles. The first-order chi connectivity index (χ1) is 11.7. The summed E-state index contributed by atoms with van der Waals surface area (Å²) in [5, 5.41) is 2.71. The molecule has 0 aromatic heterocycles. The Kier molecular flexibility index (Phi) is 6.71. The minimum Gasteiger partial charge on any atom is -0.496 e. The highest BCUT2D eigenvalue weighted by atomic mass is 16.5. The van der Waals surface area contributed by atoms with Gasteiger partial charge in [0.15, 0.2) is 0 Å². The summed E-state index contributed by atoms with van der Waals surface area (Å²) in [6.45, 7) is 0.762. The summed E-state index contributed by atoms with van der Waals surface area (Å²) < 4.78 is 10.4. The fourth-order valence-electron chi connectivity index (χ4n) is 2.13. The zero-order valence-corrected chi connectivity index (χ0v) is 13.7. The van der Waals surface area contributed by atoms with Gasteiger partial charge in [-0.3, -0.25) is 0 Å². The molecule has 0 saturated carbocycles. The third kappa shape index (κ3) is 5.68. The van der Waals surface area contributed by atoms with Crippen LogP contribution in [-0.4, -0.2) is 19.7 Å². The molecule has 2 aromatic rings. The number of nitrogens with one attached hydrogen (secondary N) is 1. The highest BCUT2D eigenvalue weighted by Gasteiger charge is 2.01. The average molecular weight is 326 g/mol. The van der Waals surface area contributed by atoms with E-state index in [0.717, 1.165) is 16.9 Å². The lowest BCUT2D eigenvalue weighted by Gasteiger charge is -2.06. The molecule has 126 valence electrons. The van der Waals surface area contributed by atoms with Crippen molar-refractivity contribution in [1.29, 1.82) is 0 Å². The molecule has 0 unspecified atom stereocenters. The van der Waals surface area contributed by atoms with Crippen LogP contribution >= 0.6 is 0 Å². The minimum absolute atomic E-state index is 0.267. The molecule has 1 amide bonds. The lowest BCUT2D eigenvalue weighted by atomic mass is 10.1. The van der Waals surface area contributed by atoms with Gasteiger partial charge in [-0.2, -0.15) is 0 Å². The predicted molar refractivity (Wildman–Crippen MR) is 95.7 cm³/mol. The SMILES string of the molecule is COc1ccc(N)cc1C=CCCNC(=O)OCc1ccccc1. The van der Waals surface area contributed by atoms with Crippen molar-refractivity contribution < 1.29 is 14.3 Å². The van der Waals surface area contributed by atoms with Crippen LogP contribution in [0.2, 0.25) is 0 Å². The third-order valence-corrected chi connectivity index (χ3v) is 3.34. The van der Waals surface area contributed by atoms with Crippen molar-refractivity contribution in [2.75, 3.05) is 19.4 Å². The summed E-state index contributed by atoms with van der Waals surface area (Å²) in [5.41, 5.74) is 8.32. The Balaban J connectivity index is 1.70. The van der Waals surface area contributed by atoms with E-state index in [0.29, 0.717) is 18.7 Å². The van der Waals surface area contributed by atoms with Crippen LogP contribution in [0.1, 0.15) is 17.5 Å². The first-order valence-corrected chi connectivity index (χ1v) is 7.73. The number of alkyl carbamates (subject to hydrolysis) is 1. The largest absolute Gasteiger partial charge is 0.496 e. The molecule has 0 radical (unpaired) electrons. The summed E-state index contributed by atoms with van der Waals surface area (Å²) in [4.78, 5) is 11.6. The van der Waals surface area contributed by atoms with Gasteiger partial charge >= 0.3 is 6.09 Å². The van der Waals surface area contributed by atoms with Crippen molar-refractivity contribution in [2.45, 2.75) is 13.0 Å². The van der Waals surface area contributed by atoms with E-state index in [1.807, 2.05) is 54.6 Å². The van der Waals surface area contributed by atoms with Crippen molar-refractivity contribution in [1.82, 2.24) is 5.32 Å². The number of rotatable bonds is 7. The summed E-state index contributed by atoms with van der Waals surface area (Å²) in [5.74, 6) is 0.760. The van der Waals surface area contributed by atoms with Gasteiger partial charge in [0.2, 0.25) is 0 Å². The Labute approximate surface area is 142 Å². The number of carbonyl (C=O) groups excluding carboxylic acids is 1. The van der Waals surface area contributed by atoms with Gasteiger partial charge in [0.05, 0.1) is 7.11 Å².